The molecule has 0 fully saturated rings. The Morgan fingerprint density at radius 3 is 2.14 bits per heavy atom. The van der Waals surface area contributed by atoms with Crippen molar-refractivity contribution in [2.45, 2.75) is 6.10 Å². The molecule has 0 aliphatic heterocycles. The lowest BCUT2D eigenvalue weighted by molar-refractivity contribution is -0.126. The summed E-state index contributed by atoms with van der Waals surface area (Å²) in [4.78, 5) is 23.6. The van der Waals surface area contributed by atoms with Gasteiger partial charge in [-0.1, -0.05) is 30.3 Å². The van der Waals surface area contributed by atoms with Crippen molar-refractivity contribution in [3.8, 4) is 0 Å². The second kappa shape index (κ2) is 7.38. The number of carbonyl (C=O) groups is 2. The molecule has 114 valence electrons. The van der Waals surface area contributed by atoms with Crippen LogP contribution in [0.15, 0.2) is 54.6 Å². The van der Waals surface area contributed by atoms with E-state index in [0.29, 0.717) is 11.3 Å². The maximum Gasteiger partial charge on any atom is 0.337 e. The van der Waals surface area contributed by atoms with Gasteiger partial charge in [0.2, 0.25) is 0 Å². The van der Waals surface area contributed by atoms with Crippen molar-refractivity contribution < 1.29 is 19.1 Å². The second-order valence-electron chi connectivity index (χ2n) is 4.58. The molecule has 1 N–H and O–H groups in total. The van der Waals surface area contributed by atoms with E-state index < -0.39 is 12.1 Å². The first kappa shape index (κ1) is 15.7. The van der Waals surface area contributed by atoms with Crippen molar-refractivity contribution in [3.05, 3.63) is 65.7 Å². The molecule has 2 rings (SSSR count). The number of nitrogens with one attached hydrogen (secondary N) is 1. The fraction of sp³-hybridized carbons (Fsp3) is 0.176. The summed E-state index contributed by atoms with van der Waals surface area (Å²) >= 11 is 0. The highest BCUT2D eigenvalue weighted by Gasteiger charge is 2.19. The lowest BCUT2D eigenvalue weighted by atomic mass is 10.1. The highest BCUT2D eigenvalue weighted by atomic mass is 16.5. The highest BCUT2D eigenvalue weighted by molar-refractivity contribution is 5.95. The lowest BCUT2D eigenvalue weighted by Gasteiger charge is -2.15. The van der Waals surface area contributed by atoms with Gasteiger partial charge in [-0.05, 0) is 29.8 Å². The van der Waals surface area contributed by atoms with Gasteiger partial charge < -0.3 is 14.8 Å². The molecule has 0 radical (unpaired) electrons. The SMILES string of the molecule is COC(=O)c1ccc(NC(=O)[C@@H](OC)c2ccccc2)cc1. The van der Waals surface area contributed by atoms with Crippen LogP contribution in [0.2, 0.25) is 0 Å². The van der Waals surface area contributed by atoms with Crippen molar-refractivity contribution in [3.63, 3.8) is 0 Å². The Balaban J connectivity index is 2.09. The van der Waals surface area contributed by atoms with E-state index in [4.69, 9.17) is 4.74 Å². The van der Waals surface area contributed by atoms with Crippen molar-refractivity contribution in [2.75, 3.05) is 19.5 Å². The molecule has 2 aromatic rings. The first-order valence-corrected chi connectivity index (χ1v) is 6.72. The molecule has 5 nitrogen and oxygen atoms in total. The Morgan fingerprint density at radius 1 is 0.955 bits per heavy atom. The van der Waals surface area contributed by atoms with Gasteiger partial charge in [-0.2, -0.15) is 0 Å². The Hall–Kier alpha value is -2.66. The van der Waals surface area contributed by atoms with Gasteiger partial charge in [0.05, 0.1) is 12.7 Å². The van der Waals surface area contributed by atoms with E-state index in [1.807, 2.05) is 30.3 Å². The van der Waals surface area contributed by atoms with Gasteiger partial charge in [0.25, 0.3) is 5.91 Å². The van der Waals surface area contributed by atoms with E-state index >= 15 is 0 Å². The van der Waals surface area contributed by atoms with Crippen LogP contribution in [0.5, 0.6) is 0 Å². The molecule has 0 aliphatic carbocycles. The molecule has 1 amide bonds. The van der Waals surface area contributed by atoms with Crippen molar-refractivity contribution in [2.24, 2.45) is 0 Å². The Labute approximate surface area is 128 Å². The molecular weight excluding hydrogens is 282 g/mol. The number of amides is 1. The number of anilines is 1. The van der Waals surface area contributed by atoms with E-state index in [2.05, 4.69) is 10.1 Å². The topological polar surface area (TPSA) is 64.6 Å². The smallest absolute Gasteiger partial charge is 0.337 e. The van der Waals surface area contributed by atoms with E-state index in [-0.39, 0.29) is 5.91 Å². The van der Waals surface area contributed by atoms with E-state index in [9.17, 15) is 9.59 Å². The molecule has 5 heteroatoms. The number of carbonyl (C=O) groups excluding carboxylic acids is 2. The molecule has 0 saturated carbocycles. The van der Waals surface area contributed by atoms with Crippen LogP contribution in [0.4, 0.5) is 5.69 Å². The number of ether oxygens (including phenoxy) is 2. The Morgan fingerprint density at radius 2 is 1.59 bits per heavy atom. The standard InChI is InChI=1S/C17H17NO4/c1-21-15(12-6-4-3-5-7-12)16(19)18-14-10-8-13(9-11-14)17(20)22-2/h3-11,15H,1-2H3,(H,18,19)/t15-/m0/s1. The van der Waals surface area contributed by atoms with E-state index in [0.717, 1.165) is 5.56 Å². The maximum atomic E-state index is 12.3. The summed E-state index contributed by atoms with van der Waals surface area (Å²) in [7, 11) is 2.80. The van der Waals surface area contributed by atoms with Gasteiger partial charge in [-0.25, -0.2) is 4.79 Å². The monoisotopic (exact) mass is 299 g/mol. The number of esters is 1. The Kier molecular flexibility index (Phi) is 5.27. The molecule has 0 saturated heterocycles. The van der Waals surface area contributed by atoms with Crippen LogP contribution in [0.3, 0.4) is 0 Å². The molecule has 2 aromatic carbocycles. The summed E-state index contributed by atoms with van der Waals surface area (Å²) in [6, 6.07) is 15.7. The third-order valence-corrected chi connectivity index (χ3v) is 3.15. The van der Waals surface area contributed by atoms with Crippen molar-refractivity contribution >= 4 is 17.6 Å². The molecule has 0 aliphatic rings. The van der Waals surface area contributed by atoms with E-state index in [1.54, 1.807) is 24.3 Å². The number of benzene rings is 2. The minimum Gasteiger partial charge on any atom is -0.465 e. The minimum atomic E-state index is -0.693. The van der Waals surface area contributed by atoms with Gasteiger partial charge in [-0.3, -0.25) is 4.79 Å². The first-order valence-electron chi connectivity index (χ1n) is 6.72. The molecule has 0 bridgehead atoms. The quantitative estimate of drug-likeness (QED) is 0.862. The van der Waals surface area contributed by atoms with Gasteiger partial charge in [0, 0.05) is 12.8 Å². The number of rotatable bonds is 5. The Bertz CT molecular complexity index is 637. The fourth-order valence-corrected chi connectivity index (χ4v) is 2.04. The van der Waals surface area contributed by atoms with Crippen LogP contribution < -0.4 is 5.32 Å². The highest BCUT2D eigenvalue weighted by Crippen LogP contribution is 2.19. The van der Waals surface area contributed by atoms with Gasteiger partial charge in [0.15, 0.2) is 6.10 Å². The summed E-state index contributed by atoms with van der Waals surface area (Å²) in [6.07, 6.45) is -0.693. The largest absolute Gasteiger partial charge is 0.465 e. The fourth-order valence-electron chi connectivity index (χ4n) is 2.04. The van der Waals surface area contributed by atoms with Crippen LogP contribution in [0, 0.1) is 0 Å². The molecule has 22 heavy (non-hydrogen) atoms. The number of hydrogen-bond donors (Lipinski definition) is 1. The van der Waals surface area contributed by atoms with Crippen molar-refractivity contribution in [1.82, 2.24) is 0 Å². The summed E-state index contributed by atoms with van der Waals surface area (Å²) in [5.41, 5.74) is 1.77. The number of hydrogen-bond acceptors (Lipinski definition) is 4. The average molecular weight is 299 g/mol. The van der Waals surface area contributed by atoms with Gasteiger partial charge in [-0.15, -0.1) is 0 Å². The molecule has 0 spiro atoms. The second-order valence-corrected chi connectivity index (χ2v) is 4.58. The van der Waals surface area contributed by atoms with E-state index in [1.165, 1.54) is 14.2 Å². The zero-order valence-electron chi connectivity index (χ0n) is 12.4. The van der Waals surface area contributed by atoms with Crippen LogP contribution in [-0.2, 0) is 14.3 Å². The van der Waals surface area contributed by atoms with Gasteiger partial charge >= 0.3 is 5.97 Å². The van der Waals surface area contributed by atoms with Crippen LogP contribution in [-0.4, -0.2) is 26.1 Å². The average Bonchev–Trinajstić information content (AvgIpc) is 2.56. The first-order chi connectivity index (χ1) is 10.7. The molecule has 0 heterocycles. The van der Waals surface area contributed by atoms with Crippen molar-refractivity contribution in [1.29, 1.82) is 0 Å². The minimum absolute atomic E-state index is 0.278. The summed E-state index contributed by atoms with van der Waals surface area (Å²) < 4.78 is 9.89. The zero-order chi connectivity index (χ0) is 15.9. The predicted molar refractivity (Wildman–Crippen MR) is 82.6 cm³/mol. The summed E-state index contributed by atoms with van der Waals surface area (Å²) in [6.45, 7) is 0. The predicted octanol–water partition coefficient (Wildman–Crippen LogP) is 2.80. The normalized spacial score (nSPS) is 11.5. The molecule has 0 aromatic heterocycles. The van der Waals surface area contributed by atoms with Crippen LogP contribution >= 0.6 is 0 Å². The maximum absolute atomic E-state index is 12.3. The molecular formula is C17H17NO4. The van der Waals surface area contributed by atoms with Gasteiger partial charge in [0.1, 0.15) is 0 Å². The molecule has 0 unspecified atom stereocenters. The third-order valence-electron chi connectivity index (χ3n) is 3.15. The zero-order valence-corrected chi connectivity index (χ0v) is 12.4. The summed E-state index contributed by atoms with van der Waals surface area (Å²) in [5.74, 6) is -0.698. The third kappa shape index (κ3) is 3.71. The molecule has 1 atom stereocenters. The lowest BCUT2D eigenvalue weighted by Crippen LogP contribution is -2.22. The van der Waals surface area contributed by atoms with Crippen LogP contribution in [0.1, 0.15) is 22.0 Å². The van der Waals surface area contributed by atoms with Crippen LogP contribution in [0.25, 0.3) is 0 Å². The summed E-state index contributed by atoms with van der Waals surface area (Å²) in [5, 5.41) is 2.76. The number of methoxy groups -OCH3 is 2.